The lowest BCUT2D eigenvalue weighted by Gasteiger charge is -2.26. The maximum absolute atomic E-state index is 14.0. The highest BCUT2D eigenvalue weighted by atomic mass is 19.1. The molecule has 1 aliphatic rings. The average molecular weight is 280 g/mol. The van der Waals surface area contributed by atoms with Gasteiger partial charge in [0.15, 0.2) is 0 Å². The van der Waals surface area contributed by atoms with Gasteiger partial charge in [-0.2, -0.15) is 0 Å². The van der Waals surface area contributed by atoms with Gasteiger partial charge in [0.05, 0.1) is 7.11 Å². The quantitative estimate of drug-likeness (QED) is 0.867. The predicted molar refractivity (Wildman–Crippen MR) is 79.6 cm³/mol. The van der Waals surface area contributed by atoms with E-state index in [4.69, 9.17) is 4.74 Å². The first-order valence-electron chi connectivity index (χ1n) is 7.43. The van der Waals surface area contributed by atoms with Crippen LogP contribution in [0, 0.1) is 5.82 Å². The Labute approximate surface area is 121 Å². The minimum atomic E-state index is -0.210. The molecule has 1 N–H and O–H groups in total. The second-order valence-corrected chi connectivity index (χ2v) is 5.58. The molecule has 2 rings (SSSR count). The highest BCUT2D eigenvalue weighted by molar-refractivity contribution is 5.36. The standard InChI is InChI=1S/C16H25FN2O/c1-12(19-9-4-5-10-19)11-18-13(2)16-14(17)7-6-8-15(16)20-3/h6-8,12-13,18H,4-5,9-11H2,1-3H3. The van der Waals surface area contributed by atoms with Crippen molar-refractivity contribution in [3.05, 3.63) is 29.6 Å². The zero-order valence-corrected chi connectivity index (χ0v) is 12.7. The molecule has 1 heterocycles. The van der Waals surface area contributed by atoms with Gasteiger partial charge >= 0.3 is 0 Å². The van der Waals surface area contributed by atoms with Gasteiger partial charge in [0.1, 0.15) is 11.6 Å². The highest BCUT2D eigenvalue weighted by Gasteiger charge is 2.20. The van der Waals surface area contributed by atoms with Gasteiger partial charge in [-0.15, -0.1) is 0 Å². The van der Waals surface area contributed by atoms with E-state index in [1.165, 1.54) is 32.0 Å². The van der Waals surface area contributed by atoms with E-state index in [0.717, 1.165) is 6.54 Å². The Kier molecular flexibility index (Phi) is 5.38. The molecule has 2 atom stereocenters. The van der Waals surface area contributed by atoms with Crippen molar-refractivity contribution in [2.45, 2.75) is 38.8 Å². The number of ether oxygens (including phenoxy) is 1. The molecule has 1 saturated heterocycles. The van der Waals surface area contributed by atoms with E-state index in [1.807, 2.05) is 6.92 Å². The molecule has 1 aromatic carbocycles. The number of methoxy groups -OCH3 is 1. The molecule has 1 aromatic rings. The highest BCUT2D eigenvalue weighted by Crippen LogP contribution is 2.27. The van der Waals surface area contributed by atoms with Gasteiger partial charge in [-0.3, -0.25) is 4.90 Å². The summed E-state index contributed by atoms with van der Waals surface area (Å²) in [5.41, 5.74) is 0.614. The normalized spacial score (nSPS) is 19.0. The first-order valence-corrected chi connectivity index (χ1v) is 7.43. The zero-order valence-electron chi connectivity index (χ0n) is 12.7. The van der Waals surface area contributed by atoms with Crippen molar-refractivity contribution in [3.8, 4) is 5.75 Å². The number of nitrogens with one attached hydrogen (secondary N) is 1. The monoisotopic (exact) mass is 280 g/mol. The van der Waals surface area contributed by atoms with Gasteiger partial charge in [-0.25, -0.2) is 4.39 Å². The van der Waals surface area contributed by atoms with E-state index in [2.05, 4.69) is 17.1 Å². The molecule has 4 heteroatoms. The second-order valence-electron chi connectivity index (χ2n) is 5.58. The van der Waals surface area contributed by atoms with Crippen LogP contribution < -0.4 is 10.1 Å². The van der Waals surface area contributed by atoms with Crippen molar-refractivity contribution in [2.24, 2.45) is 0 Å². The molecule has 1 fully saturated rings. The number of hydrogen-bond acceptors (Lipinski definition) is 3. The lowest BCUT2D eigenvalue weighted by Crippen LogP contribution is -2.39. The van der Waals surface area contributed by atoms with Crippen LogP contribution in [0.25, 0.3) is 0 Å². The minimum absolute atomic E-state index is 0.0591. The lowest BCUT2D eigenvalue weighted by molar-refractivity contribution is 0.246. The fraction of sp³-hybridized carbons (Fsp3) is 0.625. The fourth-order valence-electron chi connectivity index (χ4n) is 2.88. The van der Waals surface area contributed by atoms with Crippen molar-refractivity contribution in [1.82, 2.24) is 10.2 Å². The summed E-state index contributed by atoms with van der Waals surface area (Å²) in [7, 11) is 1.58. The molecule has 20 heavy (non-hydrogen) atoms. The molecular formula is C16H25FN2O. The number of nitrogens with zero attached hydrogens (tertiary/aromatic N) is 1. The smallest absolute Gasteiger partial charge is 0.131 e. The topological polar surface area (TPSA) is 24.5 Å². The Morgan fingerprint density at radius 1 is 1.30 bits per heavy atom. The Hall–Kier alpha value is -1.13. The molecule has 0 bridgehead atoms. The third-order valence-corrected chi connectivity index (χ3v) is 4.15. The molecule has 0 aliphatic carbocycles. The molecular weight excluding hydrogens is 255 g/mol. The Morgan fingerprint density at radius 2 is 2.00 bits per heavy atom. The van der Waals surface area contributed by atoms with Crippen LogP contribution in [0.1, 0.15) is 38.3 Å². The van der Waals surface area contributed by atoms with Gasteiger partial charge < -0.3 is 10.1 Å². The van der Waals surface area contributed by atoms with Crippen molar-refractivity contribution in [3.63, 3.8) is 0 Å². The summed E-state index contributed by atoms with van der Waals surface area (Å²) in [4.78, 5) is 2.48. The number of halogens is 1. The van der Waals surface area contributed by atoms with E-state index in [1.54, 1.807) is 19.2 Å². The molecule has 0 spiro atoms. The van der Waals surface area contributed by atoms with Crippen molar-refractivity contribution >= 4 is 0 Å². The van der Waals surface area contributed by atoms with Crippen LogP contribution in [0.4, 0.5) is 4.39 Å². The summed E-state index contributed by atoms with van der Waals surface area (Å²) in [6.45, 7) is 7.43. The van der Waals surface area contributed by atoms with E-state index >= 15 is 0 Å². The first kappa shape index (κ1) is 15.3. The maximum Gasteiger partial charge on any atom is 0.131 e. The van der Waals surface area contributed by atoms with Crippen LogP contribution in [0.5, 0.6) is 5.75 Å². The van der Waals surface area contributed by atoms with Crippen LogP contribution in [-0.2, 0) is 0 Å². The van der Waals surface area contributed by atoms with E-state index in [9.17, 15) is 4.39 Å². The number of likely N-dealkylation sites (tertiary alicyclic amines) is 1. The van der Waals surface area contributed by atoms with Crippen LogP contribution in [0.3, 0.4) is 0 Å². The maximum atomic E-state index is 14.0. The van der Waals surface area contributed by atoms with Gasteiger partial charge in [0.25, 0.3) is 0 Å². The molecule has 0 saturated carbocycles. The summed E-state index contributed by atoms with van der Waals surface area (Å²) in [5.74, 6) is 0.400. The van der Waals surface area contributed by atoms with Gasteiger partial charge in [0, 0.05) is 24.2 Å². The van der Waals surface area contributed by atoms with Crippen molar-refractivity contribution in [2.75, 3.05) is 26.7 Å². The second kappa shape index (κ2) is 7.04. The summed E-state index contributed by atoms with van der Waals surface area (Å²) >= 11 is 0. The Balaban J connectivity index is 1.96. The molecule has 112 valence electrons. The predicted octanol–water partition coefficient (Wildman–Crippen LogP) is 2.97. The number of rotatable bonds is 6. The molecule has 1 aliphatic heterocycles. The summed E-state index contributed by atoms with van der Waals surface area (Å²) in [6.07, 6.45) is 2.59. The fourth-order valence-corrected chi connectivity index (χ4v) is 2.88. The van der Waals surface area contributed by atoms with Crippen LogP contribution in [0.15, 0.2) is 18.2 Å². The molecule has 3 nitrogen and oxygen atoms in total. The van der Waals surface area contributed by atoms with Crippen molar-refractivity contribution < 1.29 is 9.13 Å². The van der Waals surface area contributed by atoms with Gasteiger partial charge in [0.2, 0.25) is 0 Å². The SMILES string of the molecule is COc1cccc(F)c1C(C)NCC(C)N1CCCC1. The zero-order chi connectivity index (χ0) is 14.5. The molecule has 0 radical (unpaired) electrons. The van der Waals surface area contributed by atoms with Gasteiger partial charge in [-0.05, 0) is 51.9 Å². The summed E-state index contributed by atoms with van der Waals surface area (Å²) in [6, 6.07) is 5.39. The third-order valence-electron chi connectivity index (χ3n) is 4.15. The average Bonchev–Trinajstić information content (AvgIpc) is 2.98. The molecule has 0 aromatic heterocycles. The van der Waals surface area contributed by atoms with Crippen LogP contribution in [0.2, 0.25) is 0 Å². The summed E-state index contributed by atoms with van der Waals surface area (Å²) in [5, 5.41) is 3.43. The Bertz CT molecular complexity index is 432. The van der Waals surface area contributed by atoms with Crippen LogP contribution >= 0.6 is 0 Å². The first-order chi connectivity index (χ1) is 9.63. The van der Waals surface area contributed by atoms with E-state index in [0.29, 0.717) is 17.4 Å². The number of benzene rings is 1. The van der Waals surface area contributed by atoms with Crippen LogP contribution in [-0.4, -0.2) is 37.7 Å². The Morgan fingerprint density at radius 3 is 2.65 bits per heavy atom. The summed E-state index contributed by atoms with van der Waals surface area (Å²) < 4.78 is 19.2. The number of hydrogen-bond donors (Lipinski definition) is 1. The third kappa shape index (κ3) is 3.49. The molecule has 0 amide bonds. The van der Waals surface area contributed by atoms with Crippen molar-refractivity contribution in [1.29, 1.82) is 0 Å². The largest absolute Gasteiger partial charge is 0.496 e. The van der Waals surface area contributed by atoms with Gasteiger partial charge in [-0.1, -0.05) is 6.07 Å². The lowest BCUT2D eigenvalue weighted by atomic mass is 10.1. The molecule has 2 unspecified atom stereocenters. The minimum Gasteiger partial charge on any atom is -0.496 e. The van der Waals surface area contributed by atoms with E-state index < -0.39 is 0 Å². The van der Waals surface area contributed by atoms with E-state index in [-0.39, 0.29) is 11.9 Å².